The second-order valence-electron chi connectivity index (χ2n) is 3.83. The zero-order valence-electron chi connectivity index (χ0n) is 9.90. The molecule has 0 bridgehead atoms. The Hall–Kier alpha value is -1.87. The molecular formula is C14H15ClN2O. The number of nitrogen functional groups attached to an aromatic ring is 1. The van der Waals surface area contributed by atoms with Gasteiger partial charge in [0.2, 0.25) is 0 Å². The normalized spacial score (nSPS) is 10.1. The molecule has 2 aromatic rings. The Morgan fingerprint density at radius 1 is 1.11 bits per heavy atom. The van der Waals surface area contributed by atoms with Crippen LogP contribution in [-0.4, -0.2) is 13.2 Å². The third-order valence-electron chi connectivity index (χ3n) is 2.42. The summed E-state index contributed by atoms with van der Waals surface area (Å²) in [6, 6.07) is 15.1. The largest absolute Gasteiger partial charge is 0.492 e. The number of anilines is 2. The third-order valence-corrected chi connectivity index (χ3v) is 2.74. The van der Waals surface area contributed by atoms with Gasteiger partial charge in [0.05, 0.1) is 10.7 Å². The van der Waals surface area contributed by atoms with E-state index in [0.717, 1.165) is 11.4 Å². The maximum atomic E-state index is 6.04. The summed E-state index contributed by atoms with van der Waals surface area (Å²) in [4.78, 5) is 0. The fourth-order valence-corrected chi connectivity index (χ4v) is 1.80. The van der Waals surface area contributed by atoms with Crippen LogP contribution in [0.25, 0.3) is 0 Å². The van der Waals surface area contributed by atoms with Gasteiger partial charge in [-0.15, -0.1) is 0 Å². The average molecular weight is 263 g/mol. The van der Waals surface area contributed by atoms with Crippen molar-refractivity contribution in [3.8, 4) is 5.75 Å². The molecule has 0 unspecified atom stereocenters. The summed E-state index contributed by atoms with van der Waals surface area (Å²) in [5, 5.41) is 3.82. The summed E-state index contributed by atoms with van der Waals surface area (Å²) in [6.07, 6.45) is 0. The molecular weight excluding hydrogens is 248 g/mol. The molecule has 0 atom stereocenters. The maximum Gasteiger partial charge on any atom is 0.119 e. The van der Waals surface area contributed by atoms with Crippen molar-refractivity contribution in [2.75, 3.05) is 24.2 Å². The Kier molecular flexibility index (Phi) is 4.31. The number of ether oxygens (including phenoxy) is 1. The molecule has 0 amide bonds. The number of hydrogen-bond acceptors (Lipinski definition) is 3. The summed E-state index contributed by atoms with van der Waals surface area (Å²) < 4.78 is 5.56. The van der Waals surface area contributed by atoms with Crippen LogP contribution in [0, 0.1) is 0 Å². The van der Waals surface area contributed by atoms with Gasteiger partial charge in [0, 0.05) is 12.2 Å². The maximum absolute atomic E-state index is 6.04. The number of hydrogen-bond donors (Lipinski definition) is 2. The van der Waals surface area contributed by atoms with E-state index < -0.39 is 0 Å². The van der Waals surface area contributed by atoms with Crippen LogP contribution in [0.4, 0.5) is 11.4 Å². The van der Waals surface area contributed by atoms with Crippen LogP contribution in [-0.2, 0) is 0 Å². The predicted molar refractivity (Wildman–Crippen MR) is 76.3 cm³/mol. The number of nitrogens with one attached hydrogen (secondary N) is 1. The molecule has 94 valence electrons. The van der Waals surface area contributed by atoms with E-state index in [1.165, 1.54) is 0 Å². The van der Waals surface area contributed by atoms with Crippen LogP contribution in [0.5, 0.6) is 5.75 Å². The summed E-state index contributed by atoms with van der Waals surface area (Å²) >= 11 is 6.04. The molecule has 0 saturated carbocycles. The fourth-order valence-electron chi connectivity index (χ4n) is 1.55. The second-order valence-corrected chi connectivity index (χ2v) is 4.23. The molecule has 3 N–H and O–H groups in total. The second kappa shape index (κ2) is 6.17. The molecule has 0 aliphatic rings. The highest BCUT2D eigenvalue weighted by Crippen LogP contribution is 2.23. The molecule has 0 heterocycles. The molecule has 4 heteroatoms. The lowest BCUT2D eigenvalue weighted by atomic mass is 10.3. The summed E-state index contributed by atoms with van der Waals surface area (Å²) in [5.41, 5.74) is 7.14. The SMILES string of the molecule is Nc1ccc(NCCOc2ccccc2)c(Cl)c1. The lowest BCUT2D eigenvalue weighted by Gasteiger charge is -2.10. The zero-order valence-corrected chi connectivity index (χ0v) is 10.7. The molecule has 2 aromatic carbocycles. The van der Waals surface area contributed by atoms with Crippen molar-refractivity contribution in [1.82, 2.24) is 0 Å². The third kappa shape index (κ3) is 3.57. The zero-order chi connectivity index (χ0) is 12.8. The number of rotatable bonds is 5. The van der Waals surface area contributed by atoms with Gasteiger partial charge in [-0.25, -0.2) is 0 Å². The lowest BCUT2D eigenvalue weighted by molar-refractivity contribution is 0.333. The molecule has 0 radical (unpaired) electrons. The summed E-state index contributed by atoms with van der Waals surface area (Å²) in [5.74, 6) is 0.864. The van der Waals surface area contributed by atoms with E-state index in [0.29, 0.717) is 23.9 Å². The van der Waals surface area contributed by atoms with E-state index >= 15 is 0 Å². The van der Waals surface area contributed by atoms with Gasteiger partial charge in [-0.2, -0.15) is 0 Å². The number of para-hydroxylation sites is 1. The van der Waals surface area contributed by atoms with Crippen LogP contribution in [0.1, 0.15) is 0 Å². The van der Waals surface area contributed by atoms with Gasteiger partial charge >= 0.3 is 0 Å². The van der Waals surface area contributed by atoms with Crippen LogP contribution in [0.2, 0.25) is 5.02 Å². The minimum absolute atomic E-state index is 0.574. The van der Waals surface area contributed by atoms with Gasteiger partial charge in [0.25, 0.3) is 0 Å². The van der Waals surface area contributed by atoms with Crippen LogP contribution >= 0.6 is 11.6 Å². The van der Waals surface area contributed by atoms with E-state index in [2.05, 4.69) is 5.32 Å². The molecule has 0 fully saturated rings. The highest BCUT2D eigenvalue weighted by atomic mass is 35.5. The van der Waals surface area contributed by atoms with Crippen molar-refractivity contribution < 1.29 is 4.74 Å². The van der Waals surface area contributed by atoms with Crippen molar-refractivity contribution in [3.63, 3.8) is 0 Å². The molecule has 0 aliphatic heterocycles. The van der Waals surface area contributed by atoms with E-state index in [4.69, 9.17) is 22.1 Å². The highest BCUT2D eigenvalue weighted by Gasteiger charge is 1.99. The Balaban J connectivity index is 1.79. The van der Waals surface area contributed by atoms with Gasteiger partial charge in [-0.3, -0.25) is 0 Å². The van der Waals surface area contributed by atoms with Crippen molar-refractivity contribution >= 4 is 23.0 Å². The first-order valence-corrected chi connectivity index (χ1v) is 6.10. The lowest BCUT2D eigenvalue weighted by Crippen LogP contribution is -2.11. The Morgan fingerprint density at radius 2 is 1.89 bits per heavy atom. The molecule has 0 spiro atoms. The molecule has 18 heavy (non-hydrogen) atoms. The summed E-state index contributed by atoms with van der Waals surface area (Å²) in [6.45, 7) is 1.25. The molecule has 2 rings (SSSR count). The van der Waals surface area contributed by atoms with Crippen molar-refractivity contribution in [2.24, 2.45) is 0 Å². The minimum Gasteiger partial charge on any atom is -0.492 e. The van der Waals surface area contributed by atoms with Crippen LogP contribution in [0.15, 0.2) is 48.5 Å². The average Bonchev–Trinajstić information content (AvgIpc) is 2.38. The van der Waals surface area contributed by atoms with E-state index in [-0.39, 0.29) is 0 Å². The first-order valence-electron chi connectivity index (χ1n) is 5.72. The number of benzene rings is 2. The highest BCUT2D eigenvalue weighted by molar-refractivity contribution is 6.33. The molecule has 0 saturated heterocycles. The molecule has 0 aliphatic carbocycles. The predicted octanol–water partition coefficient (Wildman–Crippen LogP) is 3.41. The summed E-state index contributed by atoms with van der Waals surface area (Å²) in [7, 11) is 0. The smallest absolute Gasteiger partial charge is 0.119 e. The Labute approximate surface area is 112 Å². The molecule has 3 nitrogen and oxygen atoms in total. The Morgan fingerprint density at radius 3 is 2.61 bits per heavy atom. The monoisotopic (exact) mass is 262 g/mol. The number of halogens is 1. The fraction of sp³-hybridized carbons (Fsp3) is 0.143. The van der Waals surface area contributed by atoms with Gasteiger partial charge in [-0.05, 0) is 30.3 Å². The first-order chi connectivity index (χ1) is 8.75. The van der Waals surface area contributed by atoms with Crippen LogP contribution in [0.3, 0.4) is 0 Å². The van der Waals surface area contributed by atoms with Crippen molar-refractivity contribution in [2.45, 2.75) is 0 Å². The standard InChI is InChI=1S/C14H15ClN2O/c15-13-10-11(16)6-7-14(13)17-8-9-18-12-4-2-1-3-5-12/h1-7,10,17H,8-9,16H2. The number of nitrogens with two attached hydrogens (primary N) is 1. The quantitative estimate of drug-likeness (QED) is 0.641. The molecule has 0 aromatic heterocycles. The first kappa shape index (κ1) is 12.6. The van der Waals surface area contributed by atoms with Gasteiger partial charge in [0.15, 0.2) is 0 Å². The van der Waals surface area contributed by atoms with Gasteiger partial charge in [0.1, 0.15) is 12.4 Å². The van der Waals surface area contributed by atoms with E-state index in [9.17, 15) is 0 Å². The topological polar surface area (TPSA) is 47.3 Å². The van der Waals surface area contributed by atoms with Gasteiger partial charge in [-0.1, -0.05) is 29.8 Å². The van der Waals surface area contributed by atoms with Crippen molar-refractivity contribution in [3.05, 3.63) is 53.6 Å². The Bertz CT molecular complexity index is 502. The van der Waals surface area contributed by atoms with E-state index in [1.807, 2.05) is 42.5 Å². The van der Waals surface area contributed by atoms with E-state index in [1.54, 1.807) is 6.07 Å². The minimum atomic E-state index is 0.574. The van der Waals surface area contributed by atoms with Crippen molar-refractivity contribution in [1.29, 1.82) is 0 Å². The van der Waals surface area contributed by atoms with Crippen LogP contribution < -0.4 is 15.8 Å². The van der Waals surface area contributed by atoms with Gasteiger partial charge < -0.3 is 15.8 Å².